The Kier molecular flexibility index (Phi) is 6.96. The fourth-order valence-corrected chi connectivity index (χ4v) is 4.79. The molecule has 38 heavy (non-hydrogen) atoms. The van der Waals surface area contributed by atoms with Gasteiger partial charge in [0.2, 0.25) is 0 Å². The Balaban J connectivity index is 1.64. The Labute approximate surface area is 221 Å². The van der Waals surface area contributed by atoms with Crippen LogP contribution in [-0.4, -0.2) is 42.7 Å². The fourth-order valence-electron chi connectivity index (χ4n) is 4.79. The third kappa shape index (κ3) is 4.77. The number of ether oxygens (including phenoxy) is 1. The summed E-state index contributed by atoms with van der Waals surface area (Å²) in [6.45, 7) is 6.75. The number of aromatic nitrogens is 3. The summed E-state index contributed by atoms with van der Waals surface area (Å²) in [6, 6.07) is 15.7. The number of Topliss-reactive ketones (excluding diaryl/α,β-unsaturated/α-hetero) is 1. The summed E-state index contributed by atoms with van der Waals surface area (Å²) in [7, 11) is 0. The first-order valence-corrected chi connectivity index (χ1v) is 12.7. The van der Waals surface area contributed by atoms with Crippen LogP contribution in [0.25, 0.3) is 11.4 Å². The van der Waals surface area contributed by atoms with Gasteiger partial charge in [0.15, 0.2) is 5.76 Å². The van der Waals surface area contributed by atoms with Crippen LogP contribution in [0.5, 0.6) is 5.75 Å². The van der Waals surface area contributed by atoms with Gasteiger partial charge in [0, 0.05) is 25.1 Å². The molecular weight excluding hydrogens is 480 g/mol. The second-order valence-electron chi connectivity index (χ2n) is 9.87. The molecule has 1 atom stereocenters. The average Bonchev–Trinajstić information content (AvgIpc) is 3.37. The van der Waals surface area contributed by atoms with E-state index in [0.29, 0.717) is 40.9 Å². The van der Waals surface area contributed by atoms with Crippen molar-refractivity contribution in [1.82, 2.24) is 19.3 Å². The quantitative estimate of drug-likeness (QED) is 0.202. The molecule has 1 unspecified atom stereocenters. The predicted octanol–water partition coefficient (Wildman–Crippen LogP) is 5.08. The van der Waals surface area contributed by atoms with E-state index >= 15 is 0 Å². The number of hydrogen-bond donors (Lipinski definition) is 1. The normalized spacial score (nSPS) is 17.1. The van der Waals surface area contributed by atoms with E-state index in [9.17, 15) is 14.7 Å². The van der Waals surface area contributed by atoms with Gasteiger partial charge in [-0.15, -0.1) is 0 Å². The first-order valence-electron chi connectivity index (χ1n) is 12.7. The van der Waals surface area contributed by atoms with Crippen LogP contribution in [0.4, 0.5) is 0 Å². The monoisotopic (exact) mass is 510 g/mol. The number of aliphatic hydroxyl groups is 1. The summed E-state index contributed by atoms with van der Waals surface area (Å²) in [6.07, 6.45) is 5.99. The zero-order chi connectivity index (χ0) is 26.8. The number of hydrogen-bond acceptors (Lipinski definition) is 6. The van der Waals surface area contributed by atoms with Gasteiger partial charge in [0.1, 0.15) is 17.1 Å². The van der Waals surface area contributed by atoms with Crippen molar-refractivity contribution >= 4 is 23.1 Å². The third-order valence-corrected chi connectivity index (χ3v) is 6.68. The van der Waals surface area contributed by atoms with Gasteiger partial charge in [-0.1, -0.05) is 38.1 Å². The number of ketones is 1. The molecule has 8 heteroatoms. The summed E-state index contributed by atoms with van der Waals surface area (Å²) >= 11 is 0. The topological polar surface area (TPSA) is 97.0 Å². The molecule has 1 amide bonds. The minimum atomic E-state index is -0.822. The van der Waals surface area contributed by atoms with Gasteiger partial charge >= 0.3 is 0 Å². The molecule has 0 saturated carbocycles. The van der Waals surface area contributed by atoms with Gasteiger partial charge in [-0.2, -0.15) is 0 Å². The fraction of sp³-hybridized carbons (Fsp3) is 0.267. The Morgan fingerprint density at radius 1 is 1.11 bits per heavy atom. The number of amides is 1. The van der Waals surface area contributed by atoms with Crippen LogP contribution >= 0.6 is 0 Å². The molecule has 1 aliphatic rings. The van der Waals surface area contributed by atoms with Crippen molar-refractivity contribution in [2.24, 2.45) is 5.92 Å². The highest BCUT2D eigenvalue weighted by Gasteiger charge is 2.46. The second kappa shape index (κ2) is 10.5. The summed E-state index contributed by atoms with van der Waals surface area (Å²) < 4.78 is 7.70. The molecule has 194 valence electrons. The number of likely N-dealkylation sites (tertiary alicyclic amines) is 1. The molecule has 1 aromatic carbocycles. The van der Waals surface area contributed by atoms with Crippen LogP contribution in [0.1, 0.15) is 48.8 Å². The predicted molar refractivity (Wildman–Crippen MR) is 143 cm³/mol. The maximum Gasteiger partial charge on any atom is 0.295 e. The SMILES string of the molecule is Cc1nc2ccccn2c1C(O)=C1C(=O)C(=O)N(Cc2cccnc2)C1c1cccc(OCCC(C)C)c1. The van der Waals surface area contributed by atoms with Crippen molar-refractivity contribution in [2.45, 2.75) is 39.8 Å². The van der Waals surface area contributed by atoms with Crippen LogP contribution < -0.4 is 4.74 Å². The van der Waals surface area contributed by atoms with Crippen molar-refractivity contribution < 1.29 is 19.4 Å². The molecule has 8 nitrogen and oxygen atoms in total. The van der Waals surface area contributed by atoms with E-state index in [0.717, 1.165) is 12.0 Å². The Morgan fingerprint density at radius 2 is 1.95 bits per heavy atom. The number of aryl methyl sites for hydroxylation is 1. The molecule has 0 aliphatic carbocycles. The zero-order valence-electron chi connectivity index (χ0n) is 21.7. The van der Waals surface area contributed by atoms with Gasteiger partial charge in [-0.3, -0.25) is 19.0 Å². The number of fused-ring (bicyclic) bond motifs is 1. The lowest BCUT2D eigenvalue weighted by molar-refractivity contribution is -0.140. The molecule has 1 aliphatic heterocycles. The van der Waals surface area contributed by atoms with Crippen molar-refractivity contribution in [3.05, 3.63) is 101 Å². The van der Waals surface area contributed by atoms with E-state index in [1.807, 2.05) is 48.5 Å². The van der Waals surface area contributed by atoms with E-state index in [1.54, 1.807) is 36.0 Å². The van der Waals surface area contributed by atoms with Gasteiger partial charge in [0.05, 0.1) is 23.9 Å². The van der Waals surface area contributed by atoms with Crippen LogP contribution in [0, 0.1) is 12.8 Å². The Morgan fingerprint density at radius 3 is 2.71 bits per heavy atom. The molecule has 1 saturated heterocycles. The molecule has 3 aromatic heterocycles. The number of carbonyl (C=O) groups excluding carboxylic acids is 2. The van der Waals surface area contributed by atoms with Crippen molar-refractivity contribution in [3.8, 4) is 5.75 Å². The van der Waals surface area contributed by atoms with Gasteiger partial charge in [-0.05, 0) is 60.7 Å². The van der Waals surface area contributed by atoms with Gasteiger partial charge in [-0.25, -0.2) is 4.98 Å². The van der Waals surface area contributed by atoms with Crippen molar-refractivity contribution in [2.75, 3.05) is 6.61 Å². The number of aliphatic hydroxyl groups excluding tert-OH is 1. The Bertz CT molecular complexity index is 1520. The van der Waals surface area contributed by atoms with E-state index < -0.39 is 17.7 Å². The molecule has 0 bridgehead atoms. The highest BCUT2D eigenvalue weighted by Crippen LogP contribution is 2.41. The molecule has 0 spiro atoms. The summed E-state index contributed by atoms with van der Waals surface area (Å²) in [5.41, 5.74) is 3.03. The minimum Gasteiger partial charge on any atom is -0.505 e. The first kappa shape index (κ1) is 25.2. The van der Waals surface area contributed by atoms with Crippen molar-refractivity contribution in [1.29, 1.82) is 0 Å². The molecule has 0 radical (unpaired) electrons. The first-order chi connectivity index (χ1) is 18.3. The number of nitrogens with zero attached hydrogens (tertiary/aromatic N) is 4. The number of rotatable bonds is 8. The highest BCUT2D eigenvalue weighted by molar-refractivity contribution is 6.46. The molecule has 1 N–H and O–H groups in total. The van der Waals surface area contributed by atoms with Crippen LogP contribution in [0.3, 0.4) is 0 Å². The largest absolute Gasteiger partial charge is 0.505 e. The second-order valence-corrected chi connectivity index (χ2v) is 9.87. The molecular formula is C30H30N4O4. The van der Waals surface area contributed by atoms with E-state index in [-0.39, 0.29) is 17.9 Å². The average molecular weight is 511 g/mol. The lowest BCUT2D eigenvalue weighted by atomic mass is 9.96. The standard InChI is InChI=1S/C30H30N4O4/c1-19(2)12-15-38-23-10-6-9-22(16-23)27-25(28(35)26-20(3)32-24-11-4-5-14-33(24)26)29(36)30(37)34(27)18-21-8-7-13-31-17-21/h4-11,13-14,16-17,19,27,35H,12,15,18H2,1-3H3. The summed E-state index contributed by atoms with van der Waals surface area (Å²) in [5.74, 6) is -0.547. The number of imidazole rings is 1. The third-order valence-electron chi connectivity index (χ3n) is 6.68. The highest BCUT2D eigenvalue weighted by atomic mass is 16.5. The lowest BCUT2D eigenvalue weighted by Gasteiger charge is -2.25. The smallest absolute Gasteiger partial charge is 0.295 e. The lowest BCUT2D eigenvalue weighted by Crippen LogP contribution is -2.29. The maximum absolute atomic E-state index is 13.5. The molecule has 5 rings (SSSR count). The number of pyridine rings is 2. The number of benzene rings is 1. The molecule has 4 heterocycles. The number of carbonyl (C=O) groups is 2. The molecule has 1 fully saturated rings. The van der Waals surface area contributed by atoms with E-state index in [2.05, 4.69) is 23.8 Å². The van der Waals surface area contributed by atoms with Crippen LogP contribution in [0.2, 0.25) is 0 Å². The summed E-state index contributed by atoms with van der Waals surface area (Å²) in [5, 5.41) is 11.6. The summed E-state index contributed by atoms with van der Waals surface area (Å²) in [4.78, 5) is 37.1. The van der Waals surface area contributed by atoms with Crippen LogP contribution in [0.15, 0.2) is 78.8 Å². The van der Waals surface area contributed by atoms with E-state index in [1.165, 1.54) is 4.90 Å². The van der Waals surface area contributed by atoms with E-state index in [4.69, 9.17) is 4.74 Å². The maximum atomic E-state index is 13.5. The Hall–Kier alpha value is -4.46. The van der Waals surface area contributed by atoms with Crippen LogP contribution in [-0.2, 0) is 16.1 Å². The van der Waals surface area contributed by atoms with Crippen molar-refractivity contribution in [3.63, 3.8) is 0 Å². The minimum absolute atomic E-state index is 0.0203. The van der Waals surface area contributed by atoms with Gasteiger partial charge < -0.3 is 14.7 Å². The zero-order valence-corrected chi connectivity index (χ0v) is 21.7. The molecule has 4 aromatic rings. The van der Waals surface area contributed by atoms with Gasteiger partial charge in [0.25, 0.3) is 11.7 Å².